The van der Waals surface area contributed by atoms with E-state index in [9.17, 15) is 43.2 Å². The Kier molecular flexibility index (Phi) is 67.1. The van der Waals surface area contributed by atoms with Crippen molar-refractivity contribution in [1.82, 2.24) is 0 Å². The highest BCUT2D eigenvalue weighted by Gasteiger charge is 2.30. The number of carbonyl (C=O) groups is 4. The maximum atomic E-state index is 13.1. The second kappa shape index (κ2) is 68.5. The Hall–Kier alpha value is -1.94. The van der Waals surface area contributed by atoms with Crippen molar-refractivity contribution >= 4 is 39.5 Å². The molecule has 19 heteroatoms. The van der Waals surface area contributed by atoms with Gasteiger partial charge >= 0.3 is 39.5 Å². The number of hydrogen-bond donors (Lipinski definition) is 3. The minimum absolute atomic E-state index is 0.105. The molecule has 0 saturated carbocycles. The number of phosphoric ester groups is 2. The molecule has 97 heavy (non-hydrogen) atoms. The lowest BCUT2D eigenvalue weighted by Crippen LogP contribution is -2.30. The van der Waals surface area contributed by atoms with Gasteiger partial charge in [0.1, 0.15) is 19.3 Å². The minimum Gasteiger partial charge on any atom is -0.462 e. The summed E-state index contributed by atoms with van der Waals surface area (Å²) in [5, 5.41) is 10.6. The van der Waals surface area contributed by atoms with E-state index >= 15 is 0 Å². The fourth-order valence-electron chi connectivity index (χ4n) is 12.0. The highest BCUT2D eigenvalue weighted by Crippen LogP contribution is 2.45. The van der Waals surface area contributed by atoms with Gasteiger partial charge in [0.15, 0.2) is 12.2 Å². The van der Waals surface area contributed by atoms with Crippen molar-refractivity contribution in [3.05, 3.63) is 0 Å². The molecule has 0 aliphatic rings. The summed E-state index contributed by atoms with van der Waals surface area (Å²) in [6.07, 6.45) is 55.7. The first kappa shape index (κ1) is 95.1. The van der Waals surface area contributed by atoms with Crippen molar-refractivity contribution in [2.75, 3.05) is 39.6 Å². The van der Waals surface area contributed by atoms with Crippen LogP contribution in [-0.2, 0) is 65.4 Å². The van der Waals surface area contributed by atoms with Crippen molar-refractivity contribution in [2.24, 2.45) is 17.8 Å². The van der Waals surface area contributed by atoms with Crippen LogP contribution < -0.4 is 0 Å². The van der Waals surface area contributed by atoms with Crippen molar-refractivity contribution in [3.63, 3.8) is 0 Å². The van der Waals surface area contributed by atoms with Crippen molar-refractivity contribution in [3.8, 4) is 0 Å². The van der Waals surface area contributed by atoms with E-state index in [2.05, 4.69) is 48.5 Å². The second-order valence-corrected chi connectivity index (χ2v) is 32.4. The predicted molar refractivity (Wildman–Crippen MR) is 395 cm³/mol. The van der Waals surface area contributed by atoms with Crippen LogP contribution in [-0.4, -0.2) is 96.7 Å². The number of ether oxygens (including phenoxy) is 4. The molecule has 0 aliphatic carbocycles. The average molecular weight is 1420 g/mol. The standard InChI is InChI=1S/C78H152O17P2/c1-8-9-10-11-12-13-14-15-16-17-18-19-20-21-22-25-32-39-47-54-61-77(82)94-73(65-88-75(80)59-52-45-38-31-26-23-24-29-35-42-49-56-69(2)3)67-92-96(84,85)90-63-72(79)64-91-97(86,87)93-68-74(66-89-76(81)60-53-46-41-34-37-44-51-58-71(6)7)95-78(83)62-55-48-40-33-28-27-30-36-43-50-57-70(4)5/h69-74,79H,8-68H2,1-7H3,(H,84,85)(H,86,87)/t72-,73-,74-/m1/s1. The van der Waals surface area contributed by atoms with Crippen LogP contribution in [0.1, 0.15) is 402 Å². The van der Waals surface area contributed by atoms with E-state index in [0.29, 0.717) is 31.6 Å². The van der Waals surface area contributed by atoms with Crippen LogP contribution in [0.5, 0.6) is 0 Å². The maximum Gasteiger partial charge on any atom is 0.472 e. The van der Waals surface area contributed by atoms with Gasteiger partial charge in [-0.1, -0.05) is 350 Å². The van der Waals surface area contributed by atoms with Crippen LogP contribution in [0, 0.1) is 17.8 Å². The number of aliphatic hydroxyl groups is 1. The van der Waals surface area contributed by atoms with E-state index in [4.69, 9.17) is 37.0 Å². The van der Waals surface area contributed by atoms with Crippen LogP contribution >= 0.6 is 15.6 Å². The van der Waals surface area contributed by atoms with Gasteiger partial charge in [-0.25, -0.2) is 9.13 Å². The Morgan fingerprint density at radius 1 is 0.278 bits per heavy atom. The van der Waals surface area contributed by atoms with Crippen LogP contribution in [0.3, 0.4) is 0 Å². The number of unbranched alkanes of at least 4 members (excludes halogenated alkanes) is 44. The number of aliphatic hydroxyl groups excluding tert-OH is 1. The topological polar surface area (TPSA) is 237 Å². The molecule has 576 valence electrons. The Morgan fingerprint density at radius 3 is 0.701 bits per heavy atom. The molecule has 17 nitrogen and oxygen atoms in total. The maximum absolute atomic E-state index is 13.1. The Labute approximate surface area is 594 Å². The molecule has 0 radical (unpaired) electrons. The highest BCUT2D eigenvalue weighted by atomic mass is 31.2. The van der Waals surface area contributed by atoms with Gasteiger partial charge in [-0.15, -0.1) is 0 Å². The summed E-state index contributed by atoms with van der Waals surface area (Å²) in [5.74, 6) is 0.111. The molecule has 0 rings (SSSR count). The first-order valence-corrected chi connectivity index (χ1v) is 43.3. The quantitative estimate of drug-likeness (QED) is 0.0222. The van der Waals surface area contributed by atoms with Crippen LogP contribution in [0.4, 0.5) is 0 Å². The average Bonchev–Trinajstić information content (AvgIpc) is 1.42. The van der Waals surface area contributed by atoms with Gasteiger partial charge < -0.3 is 33.8 Å². The van der Waals surface area contributed by atoms with Gasteiger partial charge in [-0.3, -0.25) is 37.3 Å². The Balaban J connectivity index is 5.23. The number of esters is 4. The lowest BCUT2D eigenvalue weighted by Gasteiger charge is -2.21. The van der Waals surface area contributed by atoms with Crippen molar-refractivity contribution < 1.29 is 80.2 Å². The number of carbonyl (C=O) groups excluding carboxylic acids is 4. The summed E-state index contributed by atoms with van der Waals surface area (Å²) < 4.78 is 68.6. The molecule has 3 N–H and O–H groups in total. The zero-order chi connectivity index (χ0) is 71.6. The summed E-state index contributed by atoms with van der Waals surface area (Å²) in [7, 11) is -9.92. The van der Waals surface area contributed by atoms with E-state index in [1.165, 1.54) is 205 Å². The molecule has 0 aliphatic heterocycles. The summed E-state index contributed by atoms with van der Waals surface area (Å²) in [4.78, 5) is 72.9. The van der Waals surface area contributed by atoms with Crippen molar-refractivity contribution in [1.29, 1.82) is 0 Å². The molecule has 0 fully saturated rings. The molecule has 0 aromatic heterocycles. The third-order valence-electron chi connectivity index (χ3n) is 18.1. The molecule has 0 spiro atoms. The third kappa shape index (κ3) is 72.2. The third-order valence-corrected chi connectivity index (χ3v) is 20.0. The summed E-state index contributed by atoms with van der Waals surface area (Å²) in [6, 6.07) is 0. The van der Waals surface area contributed by atoms with Crippen molar-refractivity contribution in [2.45, 2.75) is 420 Å². The fraction of sp³-hybridized carbons (Fsp3) is 0.949. The summed E-state index contributed by atoms with van der Waals surface area (Å²) in [5.41, 5.74) is 0. The minimum atomic E-state index is -4.96. The monoisotopic (exact) mass is 1420 g/mol. The molecule has 5 atom stereocenters. The van der Waals surface area contributed by atoms with Gasteiger partial charge in [0.2, 0.25) is 0 Å². The smallest absolute Gasteiger partial charge is 0.462 e. The highest BCUT2D eigenvalue weighted by molar-refractivity contribution is 7.47. The van der Waals surface area contributed by atoms with Crippen LogP contribution in [0.2, 0.25) is 0 Å². The fourth-order valence-corrected chi connectivity index (χ4v) is 13.5. The Morgan fingerprint density at radius 2 is 0.474 bits per heavy atom. The van der Waals surface area contributed by atoms with Gasteiger partial charge in [-0.2, -0.15) is 0 Å². The first-order valence-electron chi connectivity index (χ1n) is 40.3. The molecule has 0 aromatic rings. The van der Waals surface area contributed by atoms with Gasteiger partial charge in [0.25, 0.3) is 0 Å². The van der Waals surface area contributed by atoms with Gasteiger partial charge in [0.05, 0.1) is 26.4 Å². The normalized spacial score (nSPS) is 14.0. The van der Waals surface area contributed by atoms with Gasteiger partial charge in [0, 0.05) is 25.7 Å². The predicted octanol–water partition coefficient (Wildman–Crippen LogP) is 23.0. The molecular weight excluding hydrogens is 1270 g/mol. The lowest BCUT2D eigenvalue weighted by molar-refractivity contribution is -0.161. The molecule has 0 aromatic carbocycles. The number of hydrogen-bond acceptors (Lipinski definition) is 15. The van der Waals surface area contributed by atoms with Crippen LogP contribution in [0.15, 0.2) is 0 Å². The molecule has 0 heterocycles. The number of rotatable bonds is 76. The first-order chi connectivity index (χ1) is 46.7. The zero-order valence-corrected chi connectivity index (χ0v) is 65.3. The van der Waals surface area contributed by atoms with E-state index in [1.54, 1.807) is 0 Å². The largest absolute Gasteiger partial charge is 0.472 e. The van der Waals surface area contributed by atoms with E-state index in [1.807, 2.05) is 0 Å². The van der Waals surface area contributed by atoms with Gasteiger partial charge in [-0.05, 0) is 43.4 Å². The Bertz CT molecular complexity index is 1890. The lowest BCUT2D eigenvalue weighted by atomic mass is 10.0. The van der Waals surface area contributed by atoms with E-state index < -0.39 is 97.5 Å². The molecule has 0 bridgehead atoms. The molecule has 2 unspecified atom stereocenters. The zero-order valence-electron chi connectivity index (χ0n) is 63.5. The van der Waals surface area contributed by atoms with E-state index in [-0.39, 0.29) is 25.7 Å². The SMILES string of the molecule is CCCCCCCCCCCCCCCCCCCCCCC(=O)O[C@H](COC(=O)CCCCCCCCCCCCCC(C)C)COP(=O)(O)OC[C@@H](O)COP(=O)(O)OC[C@@H](COC(=O)CCCCCCCCCC(C)C)OC(=O)CCCCCCCCCCCCC(C)C. The molecular formula is C78H152O17P2. The second-order valence-electron chi connectivity index (χ2n) is 29.5. The summed E-state index contributed by atoms with van der Waals surface area (Å²) in [6.45, 7) is 11.9. The van der Waals surface area contributed by atoms with E-state index in [0.717, 1.165) is 108 Å². The number of phosphoric acid groups is 2. The molecule has 0 saturated heterocycles. The van der Waals surface area contributed by atoms with Crippen LogP contribution in [0.25, 0.3) is 0 Å². The molecule has 0 amide bonds. The summed E-state index contributed by atoms with van der Waals surface area (Å²) >= 11 is 0.